The van der Waals surface area contributed by atoms with E-state index in [9.17, 15) is 13.2 Å². The molecule has 100 valence electrons. The number of halogens is 3. The van der Waals surface area contributed by atoms with E-state index in [1.54, 1.807) is 0 Å². The smallest absolute Gasteiger partial charge is 0.389 e. The first-order chi connectivity index (χ1) is 8.42. The van der Waals surface area contributed by atoms with Crippen molar-refractivity contribution in [1.82, 2.24) is 4.98 Å². The molecule has 1 aromatic rings. The predicted molar refractivity (Wildman–Crippen MR) is 57.5 cm³/mol. The van der Waals surface area contributed by atoms with Crippen molar-refractivity contribution in [3.05, 3.63) is 23.9 Å². The van der Waals surface area contributed by atoms with E-state index in [4.69, 9.17) is 15.7 Å². The second kappa shape index (κ2) is 6.08. The summed E-state index contributed by atoms with van der Waals surface area (Å²) in [6.45, 7) is -0.105. The number of nitrogens with zero attached hydrogens (tertiary/aromatic N) is 2. The molecule has 0 aliphatic rings. The topological polar surface area (TPSA) is 80.7 Å². The van der Waals surface area contributed by atoms with Gasteiger partial charge in [0.2, 0.25) is 5.88 Å². The third-order valence-electron chi connectivity index (χ3n) is 1.99. The van der Waals surface area contributed by atoms with Crippen LogP contribution in [0.1, 0.15) is 18.4 Å². The lowest BCUT2D eigenvalue weighted by molar-refractivity contribution is -0.136. The van der Waals surface area contributed by atoms with Gasteiger partial charge in [-0.3, -0.25) is 0 Å². The lowest BCUT2D eigenvalue weighted by atomic mass is 10.2. The van der Waals surface area contributed by atoms with E-state index in [0.717, 1.165) is 0 Å². The van der Waals surface area contributed by atoms with E-state index >= 15 is 0 Å². The van der Waals surface area contributed by atoms with Crippen molar-refractivity contribution >= 4 is 5.84 Å². The zero-order chi connectivity index (χ0) is 13.6. The molecule has 1 rings (SSSR count). The van der Waals surface area contributed by atoms with Crippen molar-refractivity contribution in [3.8, 4) is 5.88 Å². The third-order valence-corrected chi connectivity index (χ3v) is 1.99. The highest BCUT2D eigenvalue weighted by Crippen LogP contribution is 2.21. The molecule has 0 aliphatic heterocycles. The van der Waals surface area contributed by atoms with Gasteiger partial charge in [0, 0.05) is 24.2 Å². The number of amidine groups is 1. The summed E-state index contributed by atoms with van der Waals surface area (Å²) in [5.74, 6) is -0.00110. The lowest BCUT2D eigenvalue weighted by Gasteiger charge is -2.08. The molecule has 0 fully saturated rings. The number of pyridine rings is 1. The quantitative estimate of drug-likeness (QED) is 0.279. The standard InChI is InChI=1S/C10H12F3N3O2/c11-10(12,13)3-1-5-18-8-6-7(2-4-15-8)9(14)16-17/h2,4,6,17H,1,3,5H2,(H2,14,16). The van der Waals surface area contributed by atoms with Crippen molar-refractivity contribution in [1.29, 1.82) is 0 Å². The minimum Gasteiger partial charge on any atom is -0.478 e. The fourth-order valence-corrected chi connectivity index (χ4v) is 1.15. The van der Waals surface area contributed by atoms with Gasteiger partial charge in [0.15, 0.2) is 5.84 Å². The fraction of sp³-hybridized carbons (Fsp3) is 0.400. The van der Waals surface area contributed by atoms with Gasteiger partial charge in [0.25, 0.3) is 0 Å². The van der Waals surface area contributed by atoms with Gasteiger partial charge in [0.05, 0.1) is 6.61 Å². The first-order valence-corrected chi connectivity index (χ1v) is 5.06. The van der Waals surface area contributed by atoms with E-state index in [-0.39, 0.29) is 24.7 Å². The van der Waals surface area contributed by atoms with Crippen LogP contribution in [0.5, 0.6) is 5.88 Å². The van der Waals surface area contributed by atoms with Crippen LogP contribution in [0.4, 0.5) is 13.2 Å². The van der Waals surface area contributed by atoms with Gasteiger partial charge < -0.3 is 15.7 Å². The largest absolute Gasteiger partial charge is 0.478 e. The Morgan fingerprint density at radius 1 is 1.50 bits per heavy atom. The van der Waals surface area contributed by atoms with Crippen LogP contribution in [0.3, 0.4) is 0 Å². The monoisotopic (exact) mass is 263 g/mol. The van der Waals surface area contributed by atoms with Gasteiger partial charge in [-0.15, -0.1) is 0 Å². The van der Waals surface area contributed by atoms with Crippen molar-refractivity contribution < 1.29 is 23.1 Å². The Morgan fingerprint density at radius 2 is 2.22 bits per heavy atom. The maximum atomic E-state index is 11.9. The molecule has 0 bridgehead atoms. The van der Waals surface area contributed by atoms with Crippen LogP contribution < -0.4 is 10.5 Å². The molecule has 0 aliphatic carbocycles. The molecule has 18 heavy (non-hydrogen) atoms. The maximum absolute atomic E-state index is 11.9. The van der Waals surface area contributed by atoms with Crippen molar-refractivity contribution in [2.24, 2.45) is 10.9 Å². The number of aromatic nitrogens is 1. The second-order valence-electron chi connectivity index (χ2n) is 3.44. The van der Waals surface area contributed by atoms with Crippen LogP contribution in [-0.4, -0.2) is 28.8 Å². The molecule has 1 aromatic heterocycles. The summed E-state index contributed by atoms with van der Waals surface area (Å²) in [6.07, 6.45) is -3.90. The predicted octanol–water partition coefficient (Wildman–Crippen LogP) is 1.90. The van der Waals surface area contributed by atoms with Gasteiger partial charge in [-0.1, -0.05) is 5.16 Å². The van der Waals surface area contributed by atoms with Gasteiger partial charge in [-0.05, 0) is 12.5 Å². The highest BCUT2D eigenvalue weighted by atomic mass is 19.4. The second-order valence-corrected chi connectivity index (χ2v) is 3.44. The lowest BCUT2D eigenvalue weighted by Crippen LogP contribution is -2.14. The van der Waals surface area contributed by atoms with Crippen molar-refractivity contribution in [3.63, 3.8) is 0 Å². The summed E-state index contributed by atoms with van der Waals surface area (Å²) >= 11 is 0. The molecule has 0 amide bonds. The number of rotatable bonds is 5. The number of oxime groups is 1. The minimum atomic E-state index is -4.19. The highest BCUT2D eigenvalue weighted by Gasteiger charge is 2.26. The SMILES string of the molecule is N/C(=N/O)c1ccnc(OCCCC(F)(F)F)c1. The normalized spacial score (nSPS) is 12.5. The van der Waals surface area contributed by atoms with Crippen molar-refractivity contribution in [2.75, 3.05) is 6.61 Å². The molecule has 0 spiro atoms. The van der Waals surface area contributed by atoms with Gasteiger partial charge in [-0.2, -0.15) is 13.2 Å². The molecule has 5 nitrogen and oxygen atoms in total. The molecular weight excluding hydrogens is 251 g/mol. The zero-order valence-electron chi connectivity index (χ0n) is 9.31. The Labute approximate surface area is 101 Å². The van der Waals surface area contributed by atoms with Crippen molar-refractivity contribution in [2.45, 2.75) is 19.0 Å². The van der Waals surface area contributed by atoms with Gasteiger partial charge in [0.1, 0.15) is 0 Å². The number of alkyl halides is 3. The first kappa shape index (κ1) is 14.1. The molecule has 0 atom stereocenters. The number of ether oxygens (including phenoxy) is 1. The summed E-state index contributed by atoms with van der Waals surface area (Å²) in [5, 5.41) is 11.3. The number of hydrogen-bond donors (Lipinski definition) is 2. The average molecular weight is 263 g/mol. The fourth-order valence-electron chi connectivity index (χ4n) is 1.15. The zero-order valence-corrected chi connectivity index (χ0v) is 9.31. The van der Waals surface area contributed by atoms with Gasteiger partial charge in [-0.25, -0.2) is 4.98 Å². The van der Waals surface area contributed by atoms with Crippen LogP contribution in [-0.2, 0) is 0 Å². The molecule has 0 aromatic carbocycles. The van der Waals surface area contributed by atoms with E-state index in [1.807, 2.05) is 0 Å². The first-order valence-electron chi connectivity index (χ1n) is 5.06. The van der Waals surface area contributed by atoms with Crippen LogP contribution >= 0.6 is 0 Å². The molecule has 0 saturated carbocycles. The Kier molecular flexibility index (Phi) is 4.75. The highest BCUT2D eigenvalue weighted by molar-refractivity contribution is 5.97. The molecular formula is C10H12F3N3O2. The Bertz CT molecular complexity index is 421. The summed E-state index contributed by atoms with van der Waals surface area (Å²) in [6, 6.07) is 2.86. The number of nitrogens with two attached hydrogens (primary N) is 1. The van der Waals surface area contributed by atoms with E-state index < -0.39 is 12.6 Å². The summed E-state index contributed by atoms with van der Waals surface area (Å²) in [7, 11) is 0. The summed E-state index contributed by atoms with van der Waals surface area (Å²) in [4.78, 5) is 3.79. The number of hydrogen-bond acceptors (Lipinski definition) is 4. The molecule has 8 heteroatoms. The van der Waals surface area contributed by atoms with E-state index in [0.29, 0.717) is 5.56 Å². The molecule has 0 saturated heterocycles. The van der Waals surface area contributed by atoms with Crippen LogP contribution in [0, 0.1) is 0 Å². The molecule has 0 unspecified atom stereocenters. The average Bonchev–Trinajstić information content (AvgIpc) is 2.33. The van der Waals surface area contributed by atoms with E-state index in [2.05, 4.69) is 10.1 Å². The summed E-state index contributed by atoms with van der Waals surface area (Å²) < 4.78 is 40.6. The van der Waals surface area contributed by atoms with E-state index in [1.165, 1.54) is 18.3 Å². The Balaban J connectivity index is 2.48. The van der Waals surface area contributed by atoms with Crippen LogP contribution in [0.25, 0.3) is 0 Å². The molecule has 3 N–H and O–H groups in total. The van der Waals surface area contributed by atoms with Crippen LogP contribution in [0.2, 0.25) is 0 Å². The summed E-state index contributed by atoms with van der Waals surface area (Å²) in [5.41, 5.74) is 5.72. The molecule has 1 heterocycles. The third kappa shape index (κ3) is 4.89. The minimum absolute atomic E-state index is 0.105. The molecule has 0 radical (unpaired) electrons. The Morgan fingerprint density at radius 3 is 2.83 bits per heavy atom. The van der Waals surface area contributed by atoms with Gasteiger partial charge >= 0.3 is 6.18 Å². The Hall–Kier alpha value is -1.99. The van der Waals surface area contributed by atoms with Crippen LogP contribution in [0.15, 0.2) is 23.5 Å². The maximum Gasteiger partial charge on any atom is 0.389 e.